The molecule has 1 aliphatic rings. The normalized spacial score (nSPS) is 18.7. The van der Waals surface area contributed by atoms with E-state index in [9.17, 15) is 4.79 Å². The Morgan fingerprint density at radius 3 is 2.83 bits per heavy atom. The molecule has 3 rings (SSSR count). The zero-order valence-corrected chi connectivity index (χ0v) is 10.1. The van der Waals surface area contributed by atoms with Crippen molar-refractivity contribution in [2.45, 2.75) is 6.10 Å². The van der Waals surface area contributed by atoms with Gasteiger partial charge in [0, 0.05) is 19.0 Å². The number of carbonyl (C=O) groups is 1. The van der Waals surface area contributed by atoms with Gasteiger partial charge in [-0.3, -0.25) is 4.79 Å². The summed E-state index contributed by atoms with van der Waals surface area (Å²) >= 11 is 0. The number of nitrogens with zero attached hydrogens (tertiary/aromatic N) is 1. The summed E-state index contributed by atoms with van der Waals surface area (Å²) in [6.45, 7) is 0.186. The molecule has 0 spiro atoms. The van der Waals surface area contributed by atoms with Gasteiger partial charge in [-0.1, -0.05) is 30.3 Å². The quantitative estimate of drug-likeness (QED) is 0.825. The highest BCUT2D eigenvalue weighted by molar-refractivity contribution is 6.05. The second kappa shape index (κ2) is 3.99. The maximum Gasteiger partial charge on any atom is 0.269 e. The molecular formula is C14H14N2O2. The number of likely N-dealkylation sites (N-methyl/N-ethyl adjacent to an activating group) is 1. The van der Waals surface area contributed by atoms with Crippen molar-refractivity contribution in [3.63, 3.8) is 0 Å². The molecule has 2 aromatic rings. The Balaban J connectivity index is 2.25. The van der Waals surface area contributed by atoms with Gasteiger partial charge in [0.1, 0.15) is 0 Å². The van der Waals surface area contributed by atoms with E-state index >= 15 is 0 Å². The van der Waals surface area contributed by atoms with Crippen molar-refractivity contribution in [3.8, 4) is 5.75 Å². The molecule has 4 heteroatoms. The molecule has 2 aromatic carbocycles. The molecule has 0 bridgehead atoms. The van der Waals surface area contributed by atoms with E-state index in [1.54, 1.807) is 11.9 Å². The van der Waals surface area contributed by atoms with Crippen LogP contribution in [0.1, 0.15) is 0 Å². The van der Waals surface area contributed by atoms with E-state index in [0.29, 0.717) is 0 Å². The minimum absolute atomic E-state index is 0.0970. The number of fused-ring (bicyclic) bond motifs is 3. The lowest BCUT2D eigenvalue weighted by atomic mass is 10.1. The number of ether oxygens (including phenoxy) is 1. The van der Waals surface area contributed by atoms with E-state index in [4.69, 9.17) is 10.5 Å². The number of carbonyl (C=O) groups excluding carboxylic acids is 1. The molecule has 92 valence electrons. The third-order valence-electron chi connectivity index (χ3n) is 3.30. The monoisotopic (exact) mass is 242 g/mol. The Hall–Kier alpha value is -2.07. The van der Waals surface area contributed by atoms with E-state index in [1.807, 2.05) is 36.4 Å². The summed E-state index contributed by atoms with van der Waals surface area (Å²) in [4.78, 5) is 13.6. The van der Waals surface area contributed by atoms with Crippen molar-refractivity contribution in [1.82, 2.24) is 0 Å². The van der Waals surface area contributed by atoms with Gasteiger partial charge >= 0.3 is 0 Å². The highest BCUT2D eigenvalue weighted by Crippen LogP contribution is 2.39. The largest absolute Gasteiger partial charge is 0.476 e. The van der Waals surface area contributed by atoms with Crippen LogP contribution in [0.3, 0.4) is 0 Å². The van der Waals surface area contributed by atoms with Crippen LogP contribution in [0.4, 0.5) is 5.69 Å². The molecule has 0 aromatic heterocycles. The van der Waals surface area contributed by atoms with Crippen LogP contribution in [-0.2, 0) is 4.79 Å². The number of hydrogen-bond donors (Lipinski definition) is 1. The number of rotatable bonds is 1. The van der Waals surface area contributed by atoms with Crippen LogP contribution in [0, 0.1) is 0 Å². The minimum atomic E-state index is -0.590. The van der Waals surface area contributed by atoms with E-state index < -0.39 is 6.10 Å². The van der Waals surface area contributed by atoms with Gasteiger partial charge in [0.05, 0.1) is 5.69 Å². The molecule has 1 heterocycles. The first-order valence-corrected chi connectivity index (χ1v) is 5.88. The first kappa shape index (κ1) is 11.0. The number of anilines is 1. The fraction of sp³-hybridized carbons (Fsp3) is 0.214. The molecule has 1 amide bonds. The predicted molar refractivity (Wildman–Crippen MR) is 70.8 cm³/mol. The van der Waals surface area contributed by atoms with Crippen molar-refractivity contribution in [3.05, 3.63) is 36.4 Å². The lowest BCUT2D eigenvalue weighted by Gasteiger charge is -2.32. The summed E-state index contributed by atoms with van der Waals surface area (Å²) in [6.07, 6.45) is -0.590. The van der Waals surface area contributed by atoms with Crippen LogP contribution in [-0.4, -0.2) is 25.6 Å². The van der Waals surface area contributed by atoms with Crippen LogP contribution in [0.25, 0.3) is 10.8 Å². The van der Waals surface area contributed by atoms with Crippen LogP contribution in [0.15, 0.2) is 36.4 Å². The topological polar surface area (TPSA) is 55.6 Å². The SMILES string of the molecule is CN1C(=O)C(CN)Oc2c1ccc1ccccc21. The number of amides is 1. The second-order valence-corrected chi connectivity index (χ2v) is 4.37. The molecule has 1 unspecified atom stereocenters. The average molecular weight is 242 g/mol. The summed E-state index contributed by atoms with van der Waals surface area (Å²) in [5.74, 6) is 0.644. The highest BCUT2D eigenvalue weighted by Gasteiger charge is 2.32. The molecule has 4 nitrogen and oxygen atoms in total. The third kappa shape index (κ3) is 1.46. The smallest absolute Gasteiger partial charge is 0.269 e. The fourth-order valence-corrected chi connectivity index (χ4v) is 2.30. The molecule has 0 saturated carbocycles. The zero-order chi connectivity index (χ0) is 12.7. The van der Waals surface area contributed by atoms with Crippen molar-refractivity contribution < 1.29 is 9.53 Å². The summed E-state index contributed by atoms with van der Waals surface area (Å²) in [5, 5.41) is 2.10. The highest BCUT2D eigenvalue weighted by atomic mass is 16.5. The van der Waals surface area contributed by atoms with Gasteiger partial charge in [-0.2, -0.15) is 0 Å². The van der Waals surface area contributed by atoms with Gasteiger partial charge in [-0.15, -0.1) is 0 Å². The maximum atomic E-state index is 12.0. The van der Waals surface area contributed by atoms with Gasteiger partial charge in [-0.25, -0.2) is 0 Å². The summed E-state index contributed by atoms with van der Waals surface area (Å²) in [5.41, 5.74) is 6.38. The molecule has 0 radical (unpaired) electrons. The molecule has 1 aliphatic heterocycles. The summed E-state index contributed by atoms with van der Waals surface area (Å²) in [6, 6.07) is 11.8. The lowest BCUT2D eigenvalue weighted by Crippen LogP contribution is -2.47. The summed E-state index contributed by atoms with van der Waals surface area (Å²) in [7, 11) is 1.75. The van der Waals surface area contributed by atoms with Crippen molar-refractivity contribution in [1.29, 1.82) is 0 Å². The van der Waals surface area contributed by atoms with Crippen LogP contribution in [0.5, 0.6) is 5.75 Å². The predicted octanol–water partition coefficient (Wildman–Crippen LogP) is 1.52. The van der Waals surface area contributed by atoms with E-state index in [-0.39, 0.29) is 12.5 Å². The molecule has 1 atom stereocenters. The average Bonchev–Trinajstić information content (AvgIpc) is 2.42. The molecule has 0 fully saturated rings. The first-order valence-electron chi connectivity index (χ1n) is 5.88. The first-order chi connectivity index (χ1) is 8.72. The summed E-state index contributed by atoms with van der Waals surface area (Å²) < 4.78 is 5.76. The van der Waals surface area contributed by atoms with Crippen molar-refractivity contribution >= 4 is 22.4 Å². The van der Waals surface area contributed by atoms with Gasteiger partial charge in [-0.05, 0) is 11.5 Å². The van der Waals surface area contributed by atoms with Crippen LogP contribution in [0.2, 0.25) is 0 Å². The standard InChI is InChI=1S/C14H14N2O2/c1-16-11-7-6-9-4-2-3-5-10(9)13(11)18-12(8-15)14(16)17/h2-7,12H,8,15H2,1H3. The lowest BCUT2D eigenvalue weighted by molar-refractivity contribution is -0.125. The molecular weight excluding hydrogens is 228 g/mol. The minimum Gasteiger partial charge on any atom is -0.476 e. The van der Waals surface area contributed by atoms with E-state index in [0.717, 1.165) is 22.2 Å². The Morgan fingerprint density at radius 1 is 1.28 bits per heavy atom. The molecule has 2 N–H and O–H groups in total. The Kier molecular flexibility index (Phi) is 2.45. The van der Waals surface area contributed by atoms with Gasteiger partial charge in [0.25, 0.3) is 5.91 Å². The third-order valence-corrected chi connectivity index (χ3v) is 3.30. The number of nitrogens with two attached hydrogens (primary N) is 1. The van der Waals surface area contributed by atoms with Crippen LogP contribution >= 0.6 is 0 Å². The Bertz CT molecular complexity index is 624. The fourth-order valence-electron chi connectivity index (χ4n) is 2.30. The zero-order valence-electron chi connectivity index (χ0n) is 10.1. The van der Waals surface area contributed by atoms with E-state index in [2.05, 4.69) is 0 Å². The van der Waals surface area contributed by atoms with Crippen molar-refractivity contribution in [2.75, 3.05) is 18.5 Å². The van der Waals surface area contributed by atoms with E-state index in [1.165, 1.54) is 0 Å². The van der Waals surface area contributed by atoms with Crippen LogP contribution < -0.4 is 15.4 Å². The van der Waals surface area contributed by atoms with Crippen molar-refractivity contribution in [2.24, 2.45) is 5.73 Å². The molecule has 0 saturated heterocycles. The van der Waals surface area contributed by atoms with Gasteiger partial charge in [0.15, 0.2) is 11.9 Å². The number of hydrogen-bond acceptors (Lipinski definition) is 3. The second-order valence-electron chi connectivity index (χ2n) is 4.37. The van der Waals surface area contributed by atoms with Gasteiger partial charge < -0.3 is 15.4 Å². The number of benzene rings is 2. The molecule has 18 heavy (non-hydrogen) atoms. The Labute approximate surface area is 105 Å². The maximum absolute atomic E-state index is 12.0. The Morgan fingerprint density at radius 2 is 2.06 bits per heavy atom. The van der Waals surface area contributed by atoms with Gasteiger partial charge in [0.2, 0.25) is 0 Å². The molecule has 0 aliphatic carbocycles.